The molecule has 0 bridgehead atoms. The molecule has 0 aliphatic carbocycles. The van der Waals surface area contributed by atoms with E-state index in [0.717, 1.165) is 11.6 Å². The molecule has 2 heteroatoms. The van der Waals surface area contributed by atoms with Crippen molar-refractivity contribution in [1.82, 2.24) is 0 Å². The second kappa shape index (κ2) is 5.23. The Bertz CT molecular complexity index is 222. The van der Waals surface area contributed by atoms with E-state index >= 15 is 0 Å². The molecule has 11 heavy (non-hydrogen) atoms. The standard InChI is InChI=1S/C9H10O2/c1-3-8(2)6-4-5-7-9(10)11/h3-7H,1-2H2,(H,10,11)/b6-4-,7-5-. The van der Waals surface area contributed by atoms with Gasteiger partial charge in [-0.15, -0.1) is 0 Å². The third-order valence-electron chi connectivity index (χ3n) is 0.922. The van der Waals surface area contributed by atoms with Crippen LogP contribution in [0.25, 0.3) is 0 Å². The molecule has 0 heterocycles. The largest absolute Gasteiger partial charge is 0.478 e. The highest BCUT2D eigenvalue weighted by Gasteiger charge is 1.80. The molecule has 0 amide bonds. The fraction of sp³-hybridized carbons (Fsp3) is 0. The maximum atomic E-state index is 9.95. The number of aliphatic carboxylic acids is 1. The molecule has 0 aromatic heterocycles. The minimum Gasteiger partial charge on any atom is -0.478 e. The molecule has 58 valence electrons. The topological polar surface area (TPSA) is 37.3 Å². The third kappa shape index (κ3) is 6.31. The van der Waals surface area contributed by atoms with E-state index in [-0.39, 0.29) is 0 Å². The van der Waals surface area contributed by atoms with Crippen LogP contribution in [-0.4, -0.2) is 11.1 Å². The Balaban J connectivity index is 3.86. The zero-order valence-electron chi connectivity index (χ0n) is 6.16. The number of allylic oxidation sites excluding steroid dienone is 5. The van der Waals surface area contributed by atoms with Crippen molar-refractivity contribution in [3.05, 3.63) is 49.1 Å². The summed E-state index contributed by atoms with van der Waals surface area (Å²) in [6.45, 7) is 7.09. The highest BCUT2D eigenvalue weighted by molar-refractivity contribution is 5.80. The first kappa shape index (κ1) is 9.43. The first-order chi connectivity index (χ1) is 5.16. The fourth-order valence-electron chi connectivity index (χ4n) is 0.385. The summed E-state index contributed by atoms with van der Waals surface area (Å²) < 4.78 is 0. The number of carbonyl (C=O) groups is 1. The molecule has 0 saturated carbocycles. The van der Waals surface area contributed by atoms with Crippen molar-refractivity contribution in [1.29, 1.82) is 0 Å². The Morgan fingerprint density at radius 3 is 2.27 bits per heavy atom. The second-order valence-electron chi connectivity index (χ2n) is 1.84. The van der Waals surface area contributed by atoms with Crippen molar-refractivity contribution >= 4 is 5.97 Å². The molecule has 0 unspecified atom stereocenters. The van der Waals surface area contributed by atoms with Crippen LogP contribution in [0.5, 0.6) is 0 Å². The van der Waals surface area contributed by atoms with Gasteiger partial charge in [0.25, 0.3) is 0 Å². The van der Waals surface area contributed by atoms with Gasteiger partial charge in [0, 0.05) is 6.08 Å². The van der Waals surface area contributed by atoms with Gasteiger partial charge in [0.2, 0.25) is 0 Å². The summed E-state index contributed by atoms with van der Waals surface area (Å²) in [6, 6.07) is 0. The van der Waals surface area contributed by atoms with Gasteiger partial charge in [0.15, 0.2) is 0 Å². The first-order valence-corrected chi connectivity index (χ1v) is 3.06. The summed E-state index contributed by atoms with van der Waals surface area (Å²) in [5, 5.41) is 8.17. The van der Waals surface area contributed by atoms with E-state index in [1.54, 1.807) is 18.2 Å². The fourth-order valence-corrected chi connectivity index (χ4v) is 0.385. The van der Waals surface area contributed by atoms with Gasteiger partial charge in [-0.05, 0) is 5.57 Å². The third-order valence-corrected chi connectivity index (χ3v) is 0.922. The maximum Gasteiger partial charge on any atom is 0.328 e. The average Bonchev–Trinajstić information content (AvgIpc) is 1.97. The number of rotatable bonds is 4. The van der Waals surface area contributed by atoms with Gasteiger partial charge in [-0.2, -0.15) is 0 Å². The van der Waals surface area contributed by atoms with Gasteiger partial charge < -0.3 is 5.11 Å². The van der Waals surface area contributed by atoms with Crippen molar-refractivity contribution in [2.75, 3.05) is 0 Å². The van der Waals surface area contributed by atoms with E-state index in [2.05, 4.69) is 13.2 Å². The lowest BCUT2D eigenvalue weighted by molar-refractivity contribution is -0.131. The first-order valence-electron chi connectivity index (χ1n) is 3.06. The Morgan fingerprint density at radius 1 is 1.27 bits per heavy atom. The van der Waals surface area contributed by atoms with Crippen molar-refractivity contribution < 1.29 is 9.90 Å². The molecule has 0 saturated heterocycles. The minimum atomic E-state index is -0.959. The van der Waals surface area contributed by atoms with Crippen molar-refractivity contribution in [2.45, 2.75) is 0 Å². The normalized spacial score (nSPS) is 10.5. The second-order valence-corrected chi connectivity index (χ2v) is 1.84. The Hall–Kier alpha value is -1.57. The Labute approximate surface area is 65.9 Å². The molecule has 0 atom stereocenters. The molecule has 0 rings (SSSR count). The van der Waals surface area contributed by atoms with E-state index < -0.39 is 5.97 Å². The average molecular weight is 150 g/mol. The minimum absolute atomic E-state index is 0.750. The van der Waals surface area contributed by atoms with Gasteiger partial charge in [-0.25, -0.2) is 4.79 Å². The van der Waals surface area contributed by atoms with Crippen LogP contribution in [0.15, 0.2) is 49.1 Å². The van der Waals surface area contributed by atoms with Crippen LogP contribution in [0.1, 0.15) is 0 Å². The van der Waals surface area contributed by atoms with Gasteiger partial charge >= 0.3 is 5.97 Å². The van der Waals surface area contributed by atoms with E-state index in [4.69, 9.17) is 5.11 Å². The molecule has 0 aliphatic rings. The summed E-state index contributed by atoms with van der Waals surface area (Å²) in [6.07, 6.45) is 7.33. The molecule has 0 radical (unpaired) electrons. The van der Waals surface area contributed by atoms with Crippen LogP contribution in [0, 0.1) is 0 Å². The van der Waals surface area contributed by atoms with Crippen LogP contribution in [0.3, 0.4) is 0 Å². The SMILES string of the molecule is C=CC(=C)/C=C\C=C/C(=O)O. The quantitative estimate of drug-likeness (QED) is 0.491. The smallest absolute Gasteiger partial charge is 0.328 e. The molecule has 0 fully saturated rings. The summed E-state index contributed by atoms with van der Waals surface area (Å²) >= 11 is 0. The molecular weight excluding hydrogens is 140 g/mol. The molecule has 2 nitrogen and oxygen atoms in total. The van der Waals surface area contributed by atoms with Crippen LogP contribution in [0.4, 0.5) is 0 Å². The summed E-state index contributed by atoms with van der Waals surface area (Å²) in [5.41, 5.74) is 0.750. The zero-order chi connectivity index (χ0) is 8.69. The van der Waals surface area contributed by atoms with Crippen molar-refractivity contribution in [3.63, 3.8) is 0 Å². The molecule has 0 spiro atoms. The lowest BCUT2D eigenvalue weighted by Crippen LogP contribution is -1.84. The summed E-state index contributed by atoms with van der Waals surface area (Å²) in [7, 11) is 0. The highest BCUT2D eigenvalue weighted by Crippen LogP contribution is 1.92. The zero-order valence-corrected chi connectivity index (χ0v) is 6.16. The molecule has 0 aliphatic heterocycles. The van der Waals surface area contributed by atoms with Crippen LogP contribution < -0.4 is 0 Å². The monoisotopic (exact) mass is 150 g/mol. The number of carboxylic acids is 1. The molecule has 0 aromatic rings. The number of carboxylic acid groups (broad SMARTS) is 1. The lowest BCUT2D eigenvalue weighted by Gasteiger charge is -1.82. The maximum absolute atomic E-state index is 9.95. The van der Waals surface area contributed by atoms with Crippen molar-refractivity contribution in [2.24, 2.45) is 0 Å². The van der Waals surface area contributed by atoms with Crippen LogP contribution in [-0.2, 0) is 4.79 Å². The predicted molar refractivity (Wildman–Crippen MR) is 45.3 cm³/mol. The molecule has 1 N–H and O–H groups in total. The highest BCUT2D eigenvalue weighted by atomic mass is 16.4. The number of hydrogen-bond donors (Lipinski definition) is 1. The Kier molecular flexibility index (Phi) is 4.49. The van der Waals surface area contributed by atoms with Crippen LogP contribution >= 0.6 is 0 Å². The van der Waals surface area contributed by atoms with E-state index in [0.29, 0.717) is 0 Å². The molecular formula is C9H10O2. The van der Waals surface area contributed by atoms with Gasteiger partial charge in [0.1, 0.15) is 0 Å². The van der Waals surface area contributed by atoms with E-state index in [1.807, 2.05) is 0 Å². The number of hydrogen-bond acceptors (Lipinski definition) is 1. The predicted octanol–water partition coefficient (Wildman–Crippen LogP) is 1.93. The van der Waals surface area contributed by atoms with Gasteiger partial charge in [-0.3, -0.25) is 0 Å². The summed E-state index contributed by atoms with van der Waals surface area (Å²) in [5.74, 6) is -0.959. The summed E-state index contributed by atoms with van der Waals surface area (Å²) in [4.78, 5) is 9.95. The van der Waals surface area contributed by atoms with Gasteiger partial charge in [-0.1, -0.05) is 37.5 Å². The van der Waals surface area contributed by atoms with Gasteiger partial charge in [0.05, 0.1) is 0 Å². The molecule has 0 aromatic carbocycles. The van der Waals surface area contributed by atoms with E-state index in [1.165, 1.54) is 6.08 Å². The Morgan fingerprint density at radius 2 is 1.82 bits per heavy atom. The van der Waals surface area contributed by atoms with Crippen LogP contribution in [0.2, 0.25) is 0 Å². The lowest BCUT2D eigenvalue weighted by atomic mass is 10.3. The van der Waals surface area contributed by atoms with Crippen molar-refractivity contribution in [3.8, 4) is 0 Å². The van der Waals surface area contributed by atoms with E-state index in [9.17, 15) is 4.79 Å².